The minimum Gasteiger partial charge on any atom is -0.338 e. The van der Waals surface area contributed by atoms with Crippen LogP contribution in [-0.2, 0) is 6.42 Å². The van der Waals surface area contributed by atoms with E-state index in [1.807, 2.05) is 0 Å². The van der Waals surface area contributed by atoms with Crippen LogP contribution in [0, 0.1) is 0 Å². The highest BCUT2D eigenvalue weighted by Crippen LogP contribution is 2.20. The van der Waals surface area contributed by atoms with Crippen LogP contribution in [0.15, 0.2) is 4.52 Å². The third-order valence-corrected chi connectivity index (χ3v) is 4.09. The van der Waals surface area contributed by atoms with Gasteiger partial charge in [-0.05, 0) is 26.3 Å². The average molecular weight is 280 g/mol. The molecular weight excluding hydrogens is 252 g/mol. The molecule has 0 aliphatic carbocycles. The van der Waals surface area contributed by atoms with Crippen molar-refractivity contribution in [3.63, 3.8) is 0 Å². The van der Waals surface area contributed by atoms with E-state index in [-0.39, 0.29) is 6.04 Å². The Bertz CT molecular complexity index is 385. The number of rotatable bonds is 7. The Kier molecular flexibility index (Phi) is 5.98. The van der Waals surface area contributed by atoms with E-state index in [1.54, 1.807) is 0 Å². The largest absolute Gasteiger partial charge is 0.338 e. The van der Waals surface area contributed by atoms with Crippen molar-refractivity contribution in [3.8, 4) is 0 Å². The van der Waals surface area contributed by atoms with Crippen LogP contribution in [0.4, 0.5) is 0 Å². The van der Waals surface area contributed by atoms with Crippen molar-refractivity contribution in [2.45, 2.75) is 52.5 Å². The maximum atomic E-state index is 5.43. The SMILES string of the molecule is CCCCc1noc([C@@H](C)N2CCN(CCC)CC2)n1. The third kappa shape index (κ3) is 4.03. The molecule has 1 atom stereocenters. The zero-order chi connectivity index (χ0) is 14.4. The van der Waals surface area contributed by atoms with E-state index in [0.29, 0.717) is 0 Å². The van der Waals surface area contributed by atoms with Crippen molar-refractivity contribution < 1.29 is 4.52 Å². The molecule has 0 aromatic carbocycles. The summed E-state index contributed by atoms with van der Waals surface area (Å²) < 4.78 is 5.43. The highest BCUT2D eigenvalue weighted by molar-refractivity contribution is 4.93. The molecule has 0 radical (unpaired) electrons. The first kappa shape index (κ1) is 15.4. The topological polar surface area (TPSA) is 45.4 Å². The molecule has 0 saturated carbocycles. The van der Waals surface area contributed by atoms with Crippen LogP contribution in [-0.4, -0.2) is 52.7 Å². The van der Waals surface area contributed by atoms with Crippen LogP contribution in [0.25, 0.3) is 0 Å². The summed E-state index contributed by atoms with van der Waals surface area (Å²) in [5.41, 5.74) is 0. The first-order valence-electron chi connectivity index (χ1n) is 8.03. The van der Waals surface area contributed by atoms with Crippen LogP contribution in [0.2, 0.25) is 0 Å². The smallest absolute Gasteiger partial charge is 0.243 e. The van der Waals surface area contributed by atoms with Gasteiger partial charge in [0.05, 0.1) is 6.04 Å². The van der Waals surface area contributed by atoms with Gasteiger partial charge in [0.15, 0.2) is 5.82 Å². The minimum absolute atomic E-state index is 0.238. The molecule has 0 amide bonds. The van der Waals surface area contributed by atoms with Gasteiger partial charge in [-0.3, -0.25) is 4.90 Å². The Hall–Kier alpha value is -0.940. The molecule has 1 fully saturated rings. The summed E-state index contributed by atoms with van der Waals surface area (Å²) in [6, 6.07) is 0.238. The predicted octanol–water partition coefficient (Wildman–Crippen LogP) is 2.50. The normalized spacial score (nSPS) is 19.4. The standard InChI is InChI=1S/C15H28N4O/c1-4-6-7-14-16-15(20-17-14)13(3)19-11-9-18(8-5-2)10-12-19/h13H,4-12H2,1-3H3/t13-/m1/s1. The number of unbranched alkanes of at least 4 members (excludes halogenated alkanes) is 1. The van der Waals surface area contributed by atoms with Crippen LogP contribution in [0.3, 0.4) is 0 Å². The summed E-state index contributed by atoms with van der Waals surface area (Å²) in [4.78, 5) is 9.52. The maximum absolute atomic E-state index is 5.43. The second kappa shape index (κ2) is 7.74. The summed E-state index contributed by atoms with van der Waals surface area (Å²) in [6.07, 6.45) is 4.46. The Morgan fingerprint density at radius 2 is 1.90 bits per heavy atom. The summed E-state index contributed by atoms with van der Waals surface area (Å²) in [7, 11) is 0. The summed E-state index contributed by atoms with van der Waals surface area (Å²) in [5.74, 6) is 1.64. The van der Waals surface area contributed by atoms with Crippen molar-refractivity contribution in [3.05, 3.63) is 11.7 Å². The summed E-state index contributed by atoms with van der Waals surface area (Å²) >= 11 is 0. The lowest BCUT2D eigenvalue weighted by molar-refractivity contribution is 0.0884. The zero-order valence-electron chi connectivity index (χ0n) is 13.1. The number of aryl methyl sites for hydroxylation is 1. The van der Waals surface area contributed by atoms with Crippen molar-refractivity contribution in [1.82, 2.24) is 19.9 Å². The maximum Gasteiger partial charge on any atom is 0.243 e. The minimum atomic E-state index is 0.238. The molecule has 114 valence electrons. The van der Waals surface area contributed by atoms with Crippen LogP contribution < -0.4 is 0 Å². The van der Waals surface area contributed by atoms with Crippen LogP contribution in [0.5, 0.6) is 0 Å². The lowest BCUT2D eigenvalue weighted by Crippen LogP contribution is -2.47. The van der Waals surface area contributed by atoms with E-state index in [0.717, 1.165) is 50.7 Å². The molecule has 0 spiro atoms. The van der Waals surface area contributed by atoms with Gasteiger partial charge in [0.2, 0.25) is 5.89 Å². The fourth-order valence-corrected chi connectivity index (χ4v) is 2.72. The molecule has 1 aromatic rings. The van der Waals surface area contributed by atoms with Gasteiger partial charge in [-0.1, -0.05) is 25.4 Å². The molecule has 5 heteroatoms. The molecule has 2 heterocycles. The summed E-state index contributed by atoms with van der Waals surface area (Å²) in [6.45, 7) is 12.3. The molecule has 20 heavy (non-hydrogen) atoms. The number of aromatic nitrogens is 2. The van der Waals surface area contributed by atoms with Crippen LogP contribution in [0.1, 0.15) is 57.8 Å². The molecule has 1 saturated heterocycles. The van der Waals surface area contributed by atoms with E-state index >= 15 is 0 Å². The van der Waals surface area contributed by atoms with Gasteiger partial charge in [-0.25, -0.2) is 0 Å². The number of piperazine rings is 1. The first-order valence-corrected chi connectivity index (χ1v) is 8.03. The second-order valence-electron chi connectivity index (χ2n) is 5.71. The zero-order valence-corrected chi connectivity index (χ0v) is 13.1. The molecule has 1 aliphatic heterocycles. The predicted molar refractivity (Wildman–Crippen MR) is 79.6 cm³/mol. The molecular formula is C15H28N4O. The second-order valence-corrected chi connectivity index (χ2v) is 5.71. The summed E-state index contributed by atoms with van der Waals surface area (Å²) in [5, 5.41) is 4.09. The van der Waals surface area contributed by atoms with E-state index < -0.39 is 0 Å². The van der Waals surface area contributed by atoms with Gasteiger partial charge in [0.25, 0.3) is 0 Å². The first-order chi connectivity index (χ1) is 9.74. The fourth-order valence-electron chi connectivity index (χ4n) is 2.72. The van der Waals surface area contributed by atoms with E-state index in [9.17, 15) is 0 Å². The van der Waals surface area contributed by atoms with Gasteiger partial charge in [0, 0.05) is 32.6 Å². The number of nitrogens with zero attached hydrogens (tertiary/aromatic N) is 4. The number of hydrogen-bond donors (Lipinski definition) is 0. The van der Waals surface area contributed by atoms with Gasteiger partial charge in [0.1, 0.15) is 0 Å². The van der Waals surface area contributed by atoms with Crippen molar-refractivity contribution in [1.29, 1.82) is 0 Å². The molecule has 0 bridgehead atoms. The molecule has 2 rings (SSSR count). The Balaban J connectivity index is 1.85. The van der Waals surface area contributed by atoms with Gasteiger partial charge in [-0.2, -0.15) is 4.98 Å². The van der Waals surface area contributed by atoms with E-state index in [1.165, 1.54) is 19.4 Å². The Morgan fingerprint density at radius 1 is 1.15 bits per heavy atom. The molecule has 1 aromatic heterocycles. The number of hydrogen-bond acceptors (Lipinski definition) is 5. The lowest BCUT2D eigenvalue weighted by atomic mass is 10.2. The quantitative estimate of drug-likeness (QED) is 0.768. The monoisotopic (exact) mass is 280 g/mol. The third-order valence-electron chi connectivity index (χ3n) is 4.09. The highest BCUT2D eigenvalue weighted by atomic mass is 16.5. The fraction of sp³-hybridized carbons (Fsp3) is 0.867. The highest BCUT2D eigenvalue weighted by Gasteiger charge is 2.25. The van der Waals surface area contributed by atoms with E-state index in [2.05, 4.69) is 40.7 Å². The van der Waals surface area contributed by atoms with E-state index in [4.69, 9.17) is 4.52 Å². The lowest BCUT2D eigenvalue weighted by Gasteiger charge is -2.36. The Labute approximate surface area is 122 Å². The molecule has 1 aliphatic rings. The van der Waals surface area contributed by atoms with Crippen molar-refractivity contribution in [2.24, 2.45) is 0 Å². The van der Waals surface area contributed by atoms with Gasteiger partial charge < -0.3 is 9.42 Å². The molecule has 0 N–H and O–H groups in total. The van der Waals surface area contributed by atoms with Gasteiger partial charge in [-0.15, -0.1) is 0 Å². The molecule has 5 nitrogen and oxygen atoms in total. The van der Waals surface area contributed by atoms with Crippen molar-refractivity contribution >= 4 is 0 Å². The average Bonchev–Trinajstić information content (AvgIpc) is 2.94. The molecule has 0 unspecified atom stereocenters. The van der Waals surface area contributed by atoms with Crippen molar-refractivity contribution in [2.75, 3.05) is 32.7 Å². The van der Waals surface area contributed by atoms with Gasteiger partial charge >= 0.3 is 0 Å². The Morgan fingerprint density at radius 3 is 2.55 bits per heavy atom. The van der Waals surface area contributed by atoms with Crippen LogP contribution >= 0.6 is 0 Å².